The highest BCUT2D eigenvalue weighted by atomic mass is 16.7. The number of ether oxygens (including phenoxy) is 2. The summed E-state index contributed by atoms with van der Waals surface area (Å²) in [5.74, 6) is 0.00894. The molecule has 1 aromatic carbocycles. The number of tetrazole rings is 1. The minimum atomic E-state index is -0.611. The molecule has 2 heterocycles. The molecule has 1 N–H and O–H groups in total. The van der Waals surface area contributed by atoms with E-state index in [0.29, 0.717) is 25.5 Å². The number of benzene rings is 1. The maximum atomic E-state index is 5.79. The molecule has 0 bridgehead atoms. The molecule has 19 heavy (non-hydrogen) atoms. The molecule has 0 radical (unpaired) electrons. The van der Waals surface area contributed by atoms with Crippen molar-refractivity contribution in [3.8, 4) is 0 Å². The number of rotatable bonds is 5. The van der Waals surface area contributed by atoms with Crippen molar-refractivity contribution in [1.29, 1.82) is 0 Å². The Kier molecular flexibility index (Phi) is 3.52. The molecule has 1 saturated heterocycles. The van der Waals surface area contributed by atoms with E-state index in [9.17, 15) is 0 Å². The van der Waals surface area contributed by atoms with Gasteiger partial charge < -0.3 is 9.47 Å². The summed E-state index contributed by atoms with van der Waals surface area (Å²) >= 11 is 0. The summed E-state index contributed by atoms with van der Waals surface area (Å²) in [7, 11) is 0. The fourth-order valence-corrected chi connectivity index (χ4v) is 2.31. The summed E-state index contributed by atoms with van der Waals surface area (Å²) in [5, 5.41) is 14.0. The SMILES string of the molecule is c1ccc(CCC2(Cc3nn[nH]n3)OCCO2)cc1. The number of hydrogen-bond donors (Lipinski definition) is 1. The second kappa shape index (κ2) is 5.46. The quantitative estimate of drug-likeness (QED) is 0.872. The van der Waals surface area contributed by atoms with Crippen LogP contribution in [0.5, 0.6) is 0 Å². The average molecular weight is 260 g/mol. The van der Waals surface area contributed by atoms with Crippen LogP contribution in [0.15, 0.2) is 30.3 Å². The van der Waals surface area contributed by atoms with Crippen LogP contribution in [0.1, 0.15) is 17.8 Å². The molecule has 100 valence electrons. The van der Waals surface area contributed by atoms with Crippen LogP contribution in [0, 0.1) is 0 Å². The van der Waals surface area contributed by atoms with E-state index >= 15 is 0 Å². The lowest BCUT2D eigenvalue weighted by Gasteiger charge is -2.26. The maximum Gasteiger partial charge on any atom is 0.179 e. The summed E-state index contributed by atoms with van der Waals surface area (Å²) in [5.41, 5.74) is 1.27. The van der Waals surface area contributed by atoms with Crippen molar-refractivity contribution in [3.05, 3.63) is 41.7 Å². The fourth-order valence-electron chi connectivity index (χ4n) is 2.31. The molecule has 1 aliphatic heterocycles. The zero-order valence-corrected chi connectivity index (χ0v) is 10.6. The van der Waals surface area contributed by atoms with Crippen LogP contribution in [-0.4, -0.2) is 39.6 Å². The molecule has 0 spiro atoms. The Morgan fingerprint density at radius 2 is 1.95 bits per heavy atom. The van der Waals surface area contributed by atoms with Gasteiger partial charge in [-0.05, 0) is 12.0 Å². The number of nitrogens with one attached hydrogen (secondary N) is 1. The van der Waals surface area contributed by atoms with Gasteiger partial charge in [-0.15, -0.1) is 10.2 Å². The molecule has 2 aromatic rings. The molecule has 1 aliphatic rings. The van der Waals surface area contributed by atoms with Gasteiger partial charge in [0, 0.05) is 6.42 Å². The van der Waals surface area contributed by atoms with E-state index in [-0.39, 0.29) is 0 Å². The van der Waals surface area contributed by atoms with Gasteiger partial charge in [-0.25, -0.2) is 0 Å². The van der Waals surface area contributed by atoms with Crippen molar-refractivity contribution in [3.63, 3.8) is 0 Å². The Morgan fingerprint density at radius 3 is 2.63 bits per heavy atom. The third-order valence-corrected chi connectivity index (χ3v) is 3.27. The smallest absolute Gasteiger partial charge is 0.179 e. The first-order valence-electron chi connectivity index (χ1n) is 6.40. The molecule has 0 amide bonds. The molecular weight excluding hydrogens is 244 g/mol. The van der Waals surface area contributed by atoms with Gasteiger partial charge in [-0.3, -0.25) is 0 Å². The van der Waals surface area contributed by atoms with E-state index in [0.717, 1.165) is 12.8 Å². The van der Waals surface area contributed by atoms with Crippen molar-refractivity contribution in [1.82, 2.24) is 20.6 Å². The van der Waals surface area contributed by atoms with Crippen molar-refractivity contribution in [2.45, 2.75) is 25.0 Å². The number of nitrogens with zero attached hydrogens (tertiary/aromatic N) is 3. The highest BCUT2D eigenvalue weighted by Gasteiger charge is 2.37. The van der Waals surface area contributed by atoms with Crippen molar-refractivity contribution < 1.29 is 9.47 Å². The second-order valence-corrected chi connectivity index (χ2v) is 4.60. The first-order valence-corrected chi connectivity index (χ1v) is 6.40. The predicted octanol–water partition coefficient (Wildman–Crippen LogP) is 1.12. The van der Waals surface area contributed by atoms with Crippen LogP contribution in [0.3, 0.4) is 0 Å². The molecule has 0 unspecified atom stereocenters. The van der Waals surface area contributed by atoms with Crippen molar-refractivity contribution in [2.75, 3.05) is 13.2 Å². The molecule has 1 fully saturated rings. The second-order valence-electron chi connectivity index (χ2n) is 4.60. The lowest BCUT2D eigenvalue weighted by molar-refractivity contribution is -0.161. The Morgan fingerprint density at radius 1 is 1.16 bits per heavy atom. The molecule has 1 aromatic heterocycles. The summed E-state index contributed by atoms with van der Waals surface area (Å²) in [4.78, 5) is 0. The first-order chi connectivity index (χ1) is 9.36. The topological polar surface area (TPSA) is 72.9 Å². The molecule has 0 aliphatic carbocycles. The van der Waals surface area contributed by atoms with Crippen LogP contribution in [-0.2, 0) is 22.3 Å². The summed E-state index contributed by atoms with van der Waals surface area (Å²) in [6.07, 6.45) is 2.21. The Hall–Kier alpha value is -1.79. The van der Waals surface area contributed by atoms with E-state index in [1.54, 1.807) is 0 Å². The lowest BCUT2D eigenvalue weighted by Crippen LogP contribution is -2.34. The summed E-state index contributed by atoms with van der Waals surface area (Å²) in [6.45, 7) is 1.24. The van der Waals surface area contributed by atoms with Gasteiger partial charge in [0.2, 0.25) is 0 Å². The van der Waals surface area contributed by atoms with Crippen LogP contribution >= 0.6 is 0 Å². The molecule has 6 heteroatoms. The highest BCUT2D eigenvalue weighted by Crippen LogP contribution is 2.28. The van der Waals surface area contributed by atoms with Gasteiger partial charge in [-0.1, -0.05) is 35.5 Å². The number of aryl methyl sites for hydroxylation is 1. The Balaban J connectivity index is 1.67. The molecule has 0 saturated carbocycles. The standard InChI is InChI=1S/C13H16N4O2/c1-2-4-11(5-3-1)6-7-13(18-8-9-19-13)10-12-14-16-17-15-12/h1-5H,6-10H2,(H,14,15,16,17). The molecular formula is C13H16N4O2. The minimum absolute atomic E-state index is 0.524. The third-order valence-electron chi connectivity index (χ3n) is 3.27. The normalized spacial score (nSPS) is 17.7. The van der Waals surface area contributed by atoms with E-state index in [1.807, 2.05) is 18.2 Å². The molecule has 6 nitrogen and oxygen atoms in total. The van der Waals surface area contributed by atoms with E-state index in [1.165, 1.54) is 5.56 Å². The third kappa shape index (κ3) is 2.97. The van der Waals surface area contributed by atoms with Gasteiger partial charge in [0.25, 0.3) is 0 Å². The Bertz CT molecular complexity index is 495. The van der Waals surface area contributed by atoms with E-state index in [4.69, 9.17) is 9.47 Å². The van der Waals surface area contributed by atoms with Crippen LogP contribution in [0.25, 0.3) is 0 Å². The zero-order valence-electron chi connectivity index (χ0n) is 10.6. The van der Waals surface area contributed by atoms with Crippen molar-refractivity contribution >= 4 is 0 Å². The average Bonchev–Trinajstić information content (AvgIpc) is 3.11. The monoisotopic (exact) mass is 260 g/mol. The first kappa shape index (κ1) is 12.3. The van der Waals surface area contributed by atoms with Gasteiger partial charge in [-0.2, -0.15) is 5.21 Å². The van der Waals surface area contributed by atoms with Crippen LogP contribution < -0.4 is 0 Å². The lowest BCUT2D eigenvalue weighted by atomic mass is 10.0. The summed E-state index contributed by atoms with van der Waals surface area (Å²) in [6, 6.07) is 10.3. The number of aromatic nitrogens is 4. The van der Waals surface area contributed by atoms with Gasteiger partial charge in [0.05, 0.1) is 19.6 Å². The largest absolute Gasteiger partial charge is 0.347 e. The van der Waals surface area contributed by atoms with Gasteiger partial charge in [0.15, 0.2) is 11.6 Å². The van der Waals surface area contributed by atoms with Gasteiger partial charge >= 0.3 is 0 Å². The highest BCUT2D eigenvalue weighted by molar-refractivity contribution is 5.15. The summed E-state index contributed by atoms with van der Waals surface area (Å²) < 4.78 is 11.6. The Labute approximate surface area is 111 Å². The van der Waals surface area contributed by atoms with Crippen LogP contribution in [0.2, 0.25) is 0 Å². The molecule has 0 atom stereocenters. The number of aromatic amines is 1. The zero-order chi connectivity index (χ0) is 13.0. The van der Waals surface area contributed by atoms with Crippen molar-refractivity contribution in [2.24, 2.45) is 0 Å². The van der Waals surface area contributed by atoms with Gasteiger partial charge in [0.1, 0.15) is 0 Å². The number of hydrogen-bond acceptors (Lipinski definition) is 5. The van der Waals surface area contributed by atoms with E-state index in [2.05, 4.69) is 32.8 Å². The minimum Gasteiger partial charge on any atom is -0.347 e. The molecule has 3 rings (SSSR count). The fraction of sp³-hybridized carbons (Fsp3) is 0.462. The predicted molar refractivity (Wildman–Crippen MR) is 67.3 cm³/mol. The van der Waals surface area contributed by atoms with E-state index < -0.39 is 5.79 Å². The number of H-pyrrole nitrogens is 1. The van der Waals surface area contributed by atoms with Crippen LogP contribution in [0.4, 0.5) is 0 Å². The maximum absolute atomic E-state index is 5.79.